The average molecular weight is 430 g/mol. The number of nitrogens with zero attached hydrogens (tertiary/aromatic N) is 1. The summed E-state index contributed by atoms with van der Waals surface area (Å²) in [7, 11) is 0. The normalized spacial score (nSPS) is 23.5. The predicted octanol–water partition coefficient (Wildman–Crippen LogP) is 2.43. The third-order valence-corrected chi connectivity index (χ3v) is 6.49. The van der Waals surface area contributed by atoms with Crippen molar-refractivity contribution in [3.8, 4) is 0 Å². The fraction of sp³-hybridized carbons (Fsp3) is 0.625. The molecule has 7 heteroatoms. The fourth-order valence-electron chi connectivity index (χ4n) is 4.33. The maximum atomic E-state index is 13.3. The van der Waals surface area contributed by atoms with Gasteiger partial charge >= 0.3 is 0 Å². The van der Waals surface area contributed by atoms with Gasteiger partial charge in [-0.2, -0.15) is 0 Å². The quantitative estimate of drug-likeness (QED) is 0.718. The highest BCUT2D eigenvalue weighted by Crippen LogP contribution is 2.37. The van der Waals surface area contributed by atoms with Crippen LogP contribution < -0.4 is 10.6 Å². The van der Waals surface area contributed by atoms with Crippen molar-refractivity contribution < 1.29 is 19.1 Å². The molecule has 0 saturated carbocycles. The first-order valence-electron chi connectivity index (χ1n) is 11.4. The van der Waals surface area contributed by atoms with Gasteiger partial charge in [0.1, 0.15) is 6.04 Å². The first-order valence-corrected chi connectivity index (χ1v) is 11.4. The zero-order chi connectivity index (χ0) is 22.3. The Kier molecular flexibility index (Phi) is 8.07. The zero-order valence-corrected chi connectivity index (χ0v) is 18.7. The van der Waals surface area contributed by atoms with E-state index in [0.29, 0.717) is 51.3 Å². The highest BCUT2D eigenvalue weighted by Gasteiger charge is 2.42. The highest BCUT2D eigenvalue weighted by molar-refractivity contribution is 5.95. The Morgan fingerprint density at radius 3 is 2.42 bits per heavy atom. The molecule has 0 aliphatic carbocycles. The number of hydrogen-bond acceptors (Lipinski definition) is 4. The molecule has 3 amide bonds. The molecule has 0 aromatic heterocycles. The minimum atomic E-state index is -0.583. The maximum absolute atomic E-state index is 13.3. The van der Waals surface area contributed by atoms with Crippen molar-refractivity contribution in [3.05, 3.63) is 35.4 Å². The van der Waals surface area contributed by atoms with E-state index < -0.39 is 11.5 Å². The van der Waals surface area contributed by atoms with Gasteiger partial charge < -0.3 is 20.3 Å². The van der Waals surface area contributed by atoms with Crippen molar-refractivity contribution in [2.24, 2.45) is 5.41 Å². The Balaban J connectivity index is 1.68. The molecule has 3 rings (SSSR count). The second-order valence-corrected chi connectivity index (χ2v) is 8.85. The van der Waals surface area contributed by atoms with Crippen molar-refractivity contribution in [3.63, 3.8) is 0 Å². The van der Waals surface area contributed by atoms with Crippen LogP contribution in [-0.2, 0) is 14.3 Å². The van der Waals surface area contributed by atoms with Crippen LogP contribution >= 0.6 is 0 Å². The Hall–Kier alpha value is -2.41. The largest absolute Gasteiger partial charge is 0.381 e. The van der Waals surface area contributed by atoms with Gasteiger partial charge in [0.15, 0.2) is 0 Å². The number of piperidine rings is 1. The van der Waals surface area contributed by atoms with E-state index in [4.69, 9.17) is 4.74 Å². The van der Waals surface area contributed by atoms with Crippen LogP contribution in [0.3, 0.4) is 0 Å². The van der Waals surface area contributed by atoms with Gasteiger partial charge in [-0.15, -0.1) is 0 Å². The molecular formula is C24H35N3O4. The summed E-state index contributed by atoms with van der Waals surface area (Å²) in [6.45, 7) is 6.63. The minimum absolute atomic E-state index is 0.0114. The smallest absolute Gasteiger partial charge is 0.253 e. The molecule has 1 aromatic rings. The van der Waals surface area contributed by atoms with Crippen LogP contribution in [0.15, 0.2) is 24.3 Å². The summed E-state index contributed by atoms with van der Waals surface area (Å²) >= 11 is 0. The molecule has 2 N–H and O–H groups in total. The van der Waals surface area contributed by atoms with Crippen molar-refractivity contribution in [1.29, 1.82) is 0 Å². The van der Waals surface area contributed by atoms with E-state index in [1.807, 2.05) is 36.1 Å². The molecule has 0 unspecified atom stereocenters. The van der Waals surface area contributed by atoms with Crippen LogP contribution in [0.4, 0.5) is 0 Å². The van der Waals surface area contributed by atoms with Crippen molar-refractivity contribution >= 4 is 17.7 Å². The van der Waals surface area contributed by atoms with E-state index in [1.54, 1.807) is 6.92 Å². The van der Waals surface area contributed by atoms with Crippen LogP contribution in [0.1, 0.15) is 61.4 Å². The first kappa shape index (κ1) is 23.3. The second-order valence-electron chi connectivity index (χ2n) is 8.85. The number of nitrogens with one attached hydrogen (secondary N) is 2. The molecule has 0 radical (unpaired) electrons. The predicted molar refractivity (Wildman–Crippen MR) is 119 cm³/mol. The van der Waals surface area contributed by atoms with Crippen LogP contribution in [0.2, 0.25) is 0 Å². The Morgan fingerprint density at radius 1 is 1.03 bits per heavy atom. The third-order valence-electron chi connectivity index (χ3n) is 6.49. The monoisotopic (exact) mass is 429 g/mol. The van der Waals surface area contributed by atoms with Gasteiger partial charge in [-0.3, -0.25) is 14.4 Å². The van der Waals surface area contributed by atoms with Gasteiger partial charge in [-0.05, 0) is 58.1 Å². The molecule has 1 aromatic carbocycles. The second kappa shape index (κ2) is 10.8. The summed E-state index contributed by atoms with van der Waals surface area (Å²) in [4.78, 5) is 40.3. The van der Waals surface area contributed by atoms with Crippen LogP contribution in [0.25, 0.3) is 0 Å². The summed E-state index contributed by atoms with van der Waals surface area (Å²) in [6.07, 6.45) is 4.50. The number of rotatable bonds is 1. The van der Waals surface area contributed by atoms with E-state index >= 15 is 0 Å². The SMILES string of the molecule is Cc1ccc(C(=O)N2CCC3(CCCCOCCCNC(=O)[C@H](C)NC3=O)CC2)cc1. The molecule has 2 aliphatic rings. The molecule has 2 saturated heterocycles. The average Bonchev–Trinajstić information content (AvgIpc) is 2.77. The molecule has 2 heterocycles. The lowest BCUT2D eigenvalue weighted by Gasteiger charge is -2.41. The van der Waals surface area contributed by atoms with Gasteiger partial charge in [0, 0.05) is 38.4 Å². The number of ether oxygens (including phenoxy) is 1. The van der Waals surface area contributed by atoms with Gasteiger partial charge in [0.2, 0.25) is 11.8 Å². The standard InChI is InChI=1S/C24H35N3O4/c1-18-6-8-20(9-7-18)22(29)27-14-11-24(12-15-27)10-3-4-16-31-17-5-13-25-21(28)19(2)26-23(24)30/h6-9,19H,3-5,10-17H2,1-2H3,(H,25,28)(H,26,30)/t19-/m0/s1. The third kappa shape index (κ3) is 6.06. The van der Waals surface area contributed by atoms with Gasteiger partial charge in [0.05, 0.1) is 5.41 Å². The van der Waals surface area contributed by atoms with E-state index in [0.717, 1.165) is 31.2 Å². The number of aryl methyl sites for hydroxylation is 1. The lowest BCUT2D eigenvalue weighted by Crippen LogP contribution is -2.54. The Morgan fingerprint density at radius 2 is 1.71 bits per heavy atom. The molecule has 170 valence electrons. The molecular weight excluding hydrogens is 394 g/mol. The summed E-state index contributed by atoms with van der Waals surface area (Å²) in [6, 6.07) is 7.02. The Bertz CT molecular complexity index is 770. The summed E-state index contributed by atoms with van der Waals surface area (Å²) < 4.78 is 5.64. The topological polar surface area (TPSA) is 87.7 Å². The first-order chi connectivity index (χ1) is 14.9. The maximum Gasteiger partial charge on any atom is 0.253 e. The molecule has 31 heavy (non-hydrogen) atoms. The van der Waals surface area contributed by atoms with E-state index in [1.165, 1.54) is 0 Å². The number of benzene rings is 1. The van der Waals surface area contributed by atoms with Gasteiger partial charge in [-0.25, -0.2) is 0 Å². The van der Waals surface area contributed by atoms with Gasteiger partial charge in [0.25, 0.3) is 5.91 Å². The Labute approximate surface area is 184 Å². The van der Waals surface area contributed by atoms with Crippen molar-refractivity contribution in [2.75, 3.05) is 32.8 Å². The fourth-order valence-corrected chi connectivity index (χ4v) is 4.33. The lowest BCUT2D eigenvalue weighted by atomic mass is 9.73. The van der Waals surface area contributed by atoms with Crippen molar-refractivity contribution in [2.45, 2.75) is 58.4 Å². The summed E-state index contributed by atoms with van der Waals surface area (Å²) in [5.74, 6) is -0.236. The zero-order valence-electron chi connectivity index (χ0n) is 18.7. The highest BCUT2D eigenvalue weighted by atomic mass is 16.5. The van der Waals surface area contributed by atoms with Crippen LogP contribution in [0, 0.1) is 12.3 Å². The van der Waals surface area contributed by atoms with Crippen molar-refractivity contribution in [1.82, 2.24) is 15.5 Å². The summed E-state index contributed by atoms with van der Waals surface area (Å²) in [5, 5.41) is 5.80. The lowest BCUT2D eigenvalue weighted by molar-refractivity contribution is -0.137. The van der Waals surface area contributed by atoms with E-state index in [9.17, 15) is 14.4 Å². The molecule has 1 atom stereocenters. The molecule has 1 spiro atoms. The van der Waals surface area contributed by atoms with Crippen LogP contribution in [0.5, 0.6) is 0 Å². The van der Waals surface area contributed by atoms with E-state index in [-0.39, 0.29) is 17.7 Å². The van der Waals surface area contributed by atoms with E-state index in [2.05, 4.69) is 10.6 Å². The number of hydrogen-bond donors (Lipinski definition) is 2. The molecule has 2 fully saturated rings. The number of carbonyl (C=O) groups excluding carboxylic acids is 3. The number of carbonyl (C=O) groups is 3. The molecule has 0 bridgehead atoms. The van der Waals surface area contributed by atoms with Gasteiger partial charge in [-0.1, -0.05) is 24.1 Å². The molecule has 7 nitrogen and oxygen atoms in total. The summed E-state index contributed by atoms with van der Waals surface area (Å²) in [5.41, 5.74) is 1.25. The minimum Gasteiger partial charge on any atom is -0.381 e. The number of amides is 3. The van der Waals surface area contributed by atoms with Crippen LogP contribution in [-0.4, -0.2) is 61.5 Å². The molecule has 2 aliphatic heterocycles. The number of likely N-dealkylation sites (tertiary alicyclic amines) is 1.